The lowest BCUT2D eigenvalue weighted by atomic mass is 10.4. The predicted molar refractivity (Wildman–Crippen MR) is 55.8 cm³/mol. The Morgan fingerprint density at radius 3 is 2.73 bits per heavy atom. The van der Waals surface area contributed by atoms with E-state index in [0.717, 1.165) is 0 Å². The first-order valence-corrected chi connectivity index (χ1v) is 4.91. The number of ether oxygens (including phenoxy) is 2. The molecule has 1 rings (SSSR count). The number of halogens is 1. The van der Waals surface area contributed by atoms with Crippen LogP contribution in [0.2, 0.25) is 5.28 Å². The summed E-state index contributed by atoms with van der Waals surface area (Å²) in [6.07, 6.45) is -0.164. The third kappa shape index (κ3) is 4.26. The fourth-order valence-corrected chi connectivity index (χ4v) is 1.06. The molecule has 0 bridgehead atoms. The van der Waals surface area contributed by atoms with Crippen molar-refractivity contribution in [3.05, 3.63) is 5.28 Å². The van der Waals surface area contributed by atoms with Gasteiger partial charge in [-0.25, -0.2) is 0 Å². The van der Waals surface area contributed by atoms with Crippen LogP contribution in [0.1, 0.15) is 13.8 Å². The molecule has 0 aliphatic carbocycles. The molecule has 0 radical (unpaired) electrons. The van der Waals surface area contributed by atoms with E-state index in [1.807, 2.05) is 13.8 Å². The number of rotatable bonds is 5. The Bertz CT molecular complexity index is 303. The average Bonchev–Trinajstić information content (AvgIpc) is 2.13. The molecule has 15 heavy (non-hydrogen) atoms. The number of anilines is 1. The molecule has 6 nitrogen and oxygen atoms in total. The van der Waals surface area contributed by atoms with Gasteiger partial charge in [-0.1, -0.05) is 0 Å². The minimum atomic E-state index is -0.164. The zero-order valence-electron chi connectivity index (χ0n) is 8.61. The maximum absolute atomic E-state index is 5.58. The van der Waals surface area contributed by atoms with E-state index in [9.17, 15) is 0 Å². The lowest BCUT2D eigenvalue weighted by Crippen LogP contribution is -2.20. The second kappa shape index (κ2) is 5.67. The van der Waals surface area contributed by atoms with Crippen molar-refractivity contribution in [2.24, 2.45) is 0 Å². The van der Waals surface area contributed by atoms with E-state index in [4.69, 9.17) is 26.8 Å². The minimum absolute atomic E-state index is 0.0149. The summed E-state index contributed by atoms with van der Waals surface area (Å²) in [6, 6.07) is 0.111. The van der Waals surface area contributed by atoms with Crippen molar-refractivity contribution in [1.29, 1.82) is 0 Å². The van der Waals surface area contributed by atoms with Gasteiger partial charge in [-0.15, -0.1) is 0 Å². The Labute approximate surface area is 92.8 Å². The molecule has 0 aliphatic heterocycles. The maximum atomic E-state index is 5.58. The normalized spacial score (nSPS) is 12.5. The second-order valence-electron chi connectivity index (χ2n) is 2.83. The van der Waals surface area contributed by atoms with Crippen LogP contribution < -0.4 is 10.5 Å². The summed E-state index contributed by atoms with van der Waals surface area (Å²) in [5, 5.41) is 0.0149. The first kappa shape index (κ1) is 11.9. The maximum Gasteiger partial charge on any atom is 0.322 e. The summed E-state index contributed by atoms with van der Waals surface area (Å²) in [5.41, 5.74) is 5.38. The highest BCUT2D eigenvalue weighted by molar-refractivity contribution is 6.28. The molecule has 0 saturated carbocycles. The Kier molecular flexibility index (Phi) is 4.51. The van der Waals surface area contributed by atoms with Gasteiger partial charge in [0, 0.05) is 6.61 Å². The van der Waals surface area contributed by atoms with Crippen LogP contribution in [0.5, 0.6) is 6.01 Å². The first-order chi connectivity index (χ1) is 7.11. The smallest absolute Gasteiger partial charge is 0.322 e. The second-order valence-corrected chi connectivity index (χ2v) is 3.17. The third-order valence-corrected chi connectivity index (χ3v) is 1.64. The van der Waals surface area contributed by atoms with Gasteiger partial charge >= 0.3 is 6.01 Å². The molecule has 84 valence electrons. The van der Waals surface area contributed by atoms with E-state index >= 15 is 0 Å². The zero-order valence-corrected chi connectivity index (χ0v) is 9.36. The molecule has 0 spiro atoms. The van der Waals surface area contributed by atoms with Gasteiger partial charge in [-0.3, -0.25) is 0 Å². The van der Waals surface area contributed by atoms with Crippen LogP contribution >= 0.6 is 11.6 Å². The fraction of sp³-hybridized carbons (Fsp3) is 0.625. The molecular weight excluding hydrogens is 220 g/mol. The summed E-state index contributed by atoms with van der Waals surface area (Å²) < 4.78 is 10.5. The van der Waals surface area contributed by atoms with Crippen molar-refractivity contribution in [2.45, 2.75) is 20.0 Å². The molecule has 1 atom stereocenters. The molecular formula is C8H13ClN4O2. The van der Waals surface area contributed by atoms with E-state index < -0.39 is 0 Å². The Hall–Kier alpha value is -1.14. The molecule has 1 aromatic rings. The minimum Gasteiger partial charge on any atom is -0.458 e. The average molecular weight is 233 g/mol. The van der Waals surface area contributed by atoms with E-state index in [-0.39, 0.29) is 23.3 Å². The first-order valence-electron chi connectivity index (χ1n) is 4.53. The third-order valence-electron chi connectivity index (χ3n) is 1.47. The molecule has 0 aromatic carbocycles. The zero-order chi connectivity index (χ0) is 11.3. The van der Waals surface area contributed by atoms with Crippen molar-refractivity contribution in [1.82, 2.24) is 15.0 Å². The molecule has 0 amide bonds. The van der Waals surface area contributed by atoms with E-state index in [1.54, 1.807) is 0 Å². The number of hydrogen-bond acceptors (Lipinski definition) is 6. The number of hydrogen-bond donors (Lipinski definition) is 1. The Balaban J connectivity index is 2.56. The predicted octanol–water partition coefficient (Wildman–Crippen LogP) is 0.911. The van der Waals surface area contributed by atoms with Crippen LogP contribution in [-0.2, 0) is 4.74 Å². The molecule has 7 heteroatoms. The molecule has 0 saturated heterocycles. The van der Waals surface area contributed by atoms with E-state index in [0.29, 0.717) is 13.2 Å². The molecule has 0 aliphatic rings. The fourth-order valence-electron chi connectivity index (χ4n) is 0.897. The summed E-state index contributed by atoms with van der Waals surface area (Å²) in [6.45, 7) is 4.83. The van der Waals surface area contributed by atoms with Crippen molar-refractivity contribution in [3.63, 3.8) is 0 Å². The molecule has 1 heterocycles. The van der Waals surface area contributed by atoms with Gasteiger partial charge in [0.25, 0.3) is 0 Å². The highest BCUT2D eigenvalue weighted by Crippen LogP contribution is 2.10. The highest BCUT2D eigenvalue weighted by Gasteiger charge is 2.08. The number of aromatic nitrogens is 3. The monoisotopic (exact) mass is 232 g/mol. The SMILES string of the molecule is CCOCC(C)Oc1nc(N)nc(Cl)n1. The lowest BCUT2D eigenvalue weighted by molar-refractivity contribution is 0.0607. The van der Waals surface area contributed by atoms with Crippen molar-refractivity contribution < 1.29 is 9.47 Å². The summed E-state index contributed by atoms with van der Waals surface area (Å²) in [7, 11) is 0. The van der Waals surface area contributed by atoms with Gasteiger partial charge in [0.05, 0.1) is 6.61 Å². The quantitative estimate of drug-likeness (QED) is 0.813. The molecule has 1 aromatic heterocycles. The van der Waals surface area contributed by atoms with Crippen LogP contribution in [-0.4, -0.2) is 34.3 Å². The van der Waals surface area contributed by atoms with Crippen LogP contribution in [0.25, 0.3) is 0 Å². The molecule has 1 unspecified atom stereocenters. The van der Waals surface area contributed by atoms with Gasteiger partial charge in [-0.2, -0.15) is 15.0 Å². The summed E-state index contributed by atoms with van der Waals surface area (Å²) in [4.78, 5) is 11.2. The summed E-state index contributed by atoms with van der Waals surface area (Å²) >= 11 is 5.58. The van der Waals surface area contributed by atoms with Gasteiger partial charge in [0.1, 0.15) is 6.10 Å². The van der Waals surface area contributed by atoms with Gasteiger partial charge in [0.15, 0.2) is 0 Å². The molecule has 2 N–H and O–H groups in total. The van der Waals surface area contributed by atoms with Gasteiger partial charge in [0.2, 0.25) is 11.2 Å². The number of nitrogen functional groups attached to an aromatic ring is 1. The Morgan fingerprint density at radius 2 is 2.13 bits per heavy atom. The lowest BCUT2D eigenvalue weighted by Gasteiger charge is -2.12. The van der Waals surface area contributed by atoms with Crippen molar-refractivity contribution >= 4 is 17.5 Å². The van der Waals surface area contributed by atoms with E-state index in [2.05, 4.69) is 15.0 Å². The van der Waals surface area contributed by atoms with Crippen LogP contribution in [0.15, 0.2) is 0 Å². The van der Waals surface area contributed by atoms with Gasteiger partial charge in [-0.05, 0) is 25.4 Å². The largest absolute Gasteiger partial charge is 0.458 e. The van der Waals surface area contributed by atoms with Gasteiger partial charge < -0.3 is 15.2 Å². The van der Waals surface area contributed by atoms with Crippen LogP contribution in [0, 0.1) is 0 Å². The standard InChI is InChI=1S/C8H13ClN4O2/c1-3-14-4-5(2)15-8-12-6(9)11-7(10)13-8/h5H,3-4H2,1-2H3,(H2,10,11,12,13). The highest BCUT2D eigenvalue weighted by atomic mass is 35.5. The molecule has 0 fully saturated rings. The van der Waals surface area contributed by atoms with Crippen LogP contribution in [0.4, 0.5) is 5.95 Å². The Morgan fingerprint density at radius 1 is 1.40 bits per heavy atom. The van der Waals surface area contributed by atoms with Crippen LogP contribution in [0.3, 0.4) is 0 Å². The summed E-state index contributed by atoms with van der Waals surface area (Å²) in [5.74, 6) is 0.0357. The topological polar surface area (TPSA) is 83.2 Å². The van der Waals surface area contributed by atoms with Crippen molar-refractivity contribution in [2.75, 3.05) is 18.9 Å². The number of nitrogens with zero attached hydrogens (tertiary/aromatic N) is 3. The number of nitrogens with two attached hydrogens (primary N) is 1. The van der Waals surface area contributed by atoms with Crippen molar-refractivity contribution in [3.8, 4) is 6.01 Å². The van der Waals surface area contributed by atoms with E-state index in [1.165, 1.54) is 0 Å².